The van der Waals surface area contributed by atoms with E-state index in [0.717, 1.165) is 52.0 Å². The minimum absolute atomic E-state index is 0.196. The quantitative estimate of drug-likeness (QED) is 0.303. The third kappa shape index (κ3) is 4.02. The van der Waals surface area contributed by atoms with Gasteiger partial charge in [0, 0.05) is 5.56 Å². The van der Waals surface area contributed by atoms with E-state index in [1.54, 1.807) is 29.5 Å². The van der Waals surface area contributed by atoms with Gasteiger partial charge in [-0.05, 0) is 48.2 Å². The zero-order chi connectivity index (χ0) is 22.8. The Bertz CT molecular complexity index is 1290. The molecule has 8 heteroatoms. The molecule has 1 fully saturated rings. The molecule has 0 atom stereocenters. The Hall–Kier alpha value is -3.52. The second-order valence-corrected chi connectivity index (χ2v) is 9.24. The van der Waals surface area contributed by atoms with Crippen LogP contribution in [0.15, 0.2) is 53.7 Å². The van der Waals surface area contributed by atoms with E-state index < -0.39 is 0 Å². The number of hydrogen-bond donors (Lipinski definition) is 2. The molecule has 1 aliphatic carbocycles. The predicted octanol–water partition coefficient (Wildman–Crippen LogP) is 7.00. The number of H-pyrrole nitrogens is 1. The van der Waals surface area contributed by atoms with Crippen LogP contribution in [0.2, 0.25) is 0 Å². The Kier molecular flexibility index (Phi) is 5.92. The summed E-state index contributed by atoms with van der Waals surface area (Å²) in [6, 6.07) is 15.0. The molecule has 2 N–H and O–H groups in total. The number of ether oxygens (including phenoxy) is 1. The highest BCUT2D eigenvalue weighted by Gasteiger charge is 2.30. The summed E-state index contributed by atoms with van der Waals surface area (Å²) in [6.07, 6.45) is 5.38. The van der Waals surface area contributed by atoms with Gasteiger partial charge in [0.05, 0.1) is 28.5 Å². The number of amides is 1. The molecule has 1 aliphatic rings. The minimum atomic E-state index is -0.330. The Morgan fingerprint density at radius 1 is 1.12 bits per heavy atom. The number of para-hydroxylation sites is 2. The Balaban J connectivity index is 1.64. The Morgan fingerprint density at radius 3 is 2.64 bits per heavy atom. The zero-order valence-electron chi connectivity index (χ0n) is 18.3. The molecule has 0 saturated heterocycles. The highest BCUT2D eigenvalue weighted by atomic mass is 32.1. The van der Waals surface area contributed by atoms with E-state index in [4.69, 9.17) is 9.72 Å². The number of benzene rings is 2. The molecule has 0 unspecified atom stereocenters. The topological polar surface area (TPSA) is 96.4 Å². The van der Waals surface area contributed by atoms with Gasteiger partial charge in [0.25, 0.3) is 5.91 Å². The first-order valence-corrected chi connectivity index (χ1v) is 11.9. The van der Waals surface area contributed by atoms with Gasteiger partial charge in [-0.3, -0.25) is 4.79 Å². The number of aromatic nitrogens is 2. The first-order chi connectivity index (χ1) is 16.2. The first kappa shape index (κ1) is 21.3. The summed E-state index contributed by atoms with van der Waals surface area (Å²) in [5.41, 5.74) is 2.92. The Labute approximate surface area is 195 Å². The molecule has 0 spiro atoms. The molecule has 2 heterocycles. The number of anilines is 1. The lowest BCUT2D eigenvalue weighted by Gasteiger charge is -2.22. The summed E-state index contributed by atoms with van der Waals surface area (Å²) in [5, 5.41) is 7.05. The maximum absolute atomic E-state index is 13.2. The van der Waals surface area contributed by atoms with Gasteiger partial charge in [0.1, 0.15) is 16.6 Å². The monoisotopic (exact) mass is 460 g/mol. The minimum Gasteiger partial charge on any atom is -0.496 e. The first-order valence-electron chi connectivity index (χ1n) is 11.1. The fraction of sp³-hybridized carbons (Fsp3) is 0.280. The summed E-state index contributed by atoms with van der Waals surface area (Å²) >= 11 is 1.55. The predicted molar refractivity (Wildman–Crippen MR) is 132 cm³/mol. The van der Waals surface area contributed by atoms with Crippen molar-refractivity contribution in [1.82, 2.24) is 9.97 Å². The second kappa shape index (κ2) is 9.15. The average Bonchev–Trinajstić information content (AvgIpc) is 3.45. The summed E-state index contributed by atoms with van der Waals surface area (Å²) in [4.78, 5) is 33.0. The van der Waals surface area contributed by atoms with Crippen molar-refractivity contribution in [3.63, 3.8) is 0 Å². The van der Waals surface area contributed by atoms with Crippen LogP contribution in [0, 0.1) is 4.91 Å². The van der Waals surface area contributed by atoms with E-state index >= 15 is 0 Å². The maximum Gasteiger partial charge on any atom is 0.260 e. The van der Waals surface area contributed by atoms with Gasteiger partial charge >= 0.3 is 0 Å². The molecule has 4 aromatic rings. The van der Waals surface area contributed by atoms with E-state index in [0.29, 0.717) is 17.1 Å². The SMILES string of the molecule is COc1ccccc1C(=O)Nc1[nH]c(N=O)c(C2CCCCC2)c1-c1nc2ccccc2s1. The van der Waals surface area contributed by atoms with Crippen LogP contribution in [0.3, 0.4) is 0 Å². The van der Waals surface area contributed by atoms with Gasteiger partial charge in [0.2, 0.25) is 0 Å². The molecule has 0 radical (unpaired) electrons. The average molecular weight is 461 g/mol. The summed E-state index contributed by atoms with van der Waals surface area (Å²) in [6.45, 7) is 0. The van der Waals surface area contributed by atoms with Crippen LogP contribution >= 0.6 is 11.3 Å². The Morgan fingerprint density at radius 2 is 1.88 bits per heavy atom. The van der Waals surface area contributed by atoms with Gasteiger partial charge in [-0.15, -0.1) is 16.2 Å². The lowest BCUT2D eigenvalue weighted by molar-refractivity contribution is 0.102. The molecular weight excluding hydrogens is 436 g/mol. The maximum atomic E-state index is 13.2. The largest absolute Gasteiger partial charge is 0.496 e. The van der Waals surface area contributed by atoms with Crippen molar-refractivity contribution in [1.29, 1.82) is 0 Å². The van der Waals surface area contributed by atoms with Crippen LogP contribution in [-0.4, -0.2) is 23.0 Å². The van der Waals surface area contributed by atoms with E-state index in [2.05, 4.69) is 15.5 Å². The second-order valence-electron chi connectivity index (χ2n) is 8.20. The van der Waals surface area contributed by atoms with Gasteiger partial charge in [-0.25, -0.2) is 4.98 Å². The molecule has 1 amide bonds. The molecule has 168 valence electrons. The molecule has 5 rings (SSSR count). The van der Waals surface area contributed by atoms with Crippen LogP contribution in [-0.2, 0) is 0 Å². The normalized spacial score (nSPS) is 14.3. The molecule has 0 bridgehead atoms. The molecule has 33 heavy (non-hydrogen) atoms. The van der Waals surface area contributed by atoms with Crippen molar-refractivity contribution in [3.05, 3.63) is 64.6 Å². The van der Waals surface area contributed by atoms with Crippen molar-refractivity contribution in [3.8, 4) is 16.3 Å². The van der Waals surface area contributed by atoms with Crippen molar-refractivity contribution >= 4 is 39.1 Å². The summed E-state index contributed by atoms with van der Waals surface area (Å²) in [5.74, 6) is 1.06. The molecule has 0 aliphatic heterocycles. The van der Waals surface area contributed by atoms with Crippen LogP contribution in [0.5, 0.6) is 5.75 Å². The van der Waals surface area contributed by atoms with Gasteiger partial charge in [-0.2, -0.15) is 0 Å². The number of carbonyl (C=O) groups is 1. The number of carbonyl (C=O) groups excluding carboxylic acids is 1. The van der Waals surface area contributed by atoms with Crippen molar-refractivity contribution < 1.29 is 9.53 Å². The molecule has 2 aromatic heterocycles. The van der Waals surface area contributed by atoms with Crippen LogP contribution in [0.4, 0.5) is 11.6 Å². The number of hydrogen-bond acceptors (Lipinski definition) is 6. The van der Waals surface area contributed by atoms with E-state index in [9.17, 15) is 9.70 Å². The number of thiazole rings is 1. The van der Waals surface area contributed by atoms with Crippen molar-refractivity contribution in [2.45, 2.75) is 38.0 Å². The standard InChI is InChI=1S/C25H24N4O3S/c1-32-18-13-7-5-11-16(18)24(30)28-22-21(25-26-17-12-6-8-14-19(17)33-25)20(23(27-22)29-31)15-9-3-2-4-10-15/h5-8,11-15,27H,2-4,9-10H2,1H3,(H,28,30). The van der Waals surface area contributed by atoms with Crippen LogP contribution in [0.25, 0.3) is 20.8 Å². The van der Waals surface area contributed by atoms with Crippen LogP contribution < -0.4 is 10.1 Å². The fourth-order valence-electron chi connectivity index (χ4n) is 4.67. The summed E-state index contributed by atoms with van der Waals surface area (Å²) in [7, 11) is 1.53. The highest BCUT2D eigenvalue weighted by Crippen LogP contribution is 2.48. The number of nitrogens with zero attached hydrogens (tertiary/aromatic N) is 2. The van der Waals surface area contributed by atoms with E-state index in [1.165, 1.54) is 13.5 Å². The molecule has 2 aromatic carbocycles. The molecular formula is C25H24N4O3S. The van der Waals surface area contributed by atoms with E-state index in [1.807, 2.05) is 30.3 Å². The lowest BCUT2D eigenvalue weighted by atomic mass is 9.83. The highest BCUT2D eigenvalue weighted by molar-refractivity contribution is 7.21. The van der Waals surface area contributed by atoms with Gasteiger partial charge in [0.15, 0.2) is 5.82 Å². The number of rotatable bonds is 6. The number of methoxy groups -OCH3 is 1. The third-order valence-corrected chi connectivity index (χ3v) is 7.27. The van der Waals surface area contributed by atoms with Crippen molar-refractivity contribution in [2.75, 3.05) is 12.4 Å². The number of fused-ring (bicyclic) bond motifs is 1. The smallest absolute Gasteiger partial charge is 0.260 e. The number of nitrogens with one attached hydrogen (secondary N) is 2. The zero-order valence-corrected chi connectivity index (χ0v) is 19.1. The van der Waals surface area contributed by atoms with Crippen molar-refractivity contribution in [2.24, 2.45) is 5.18 Å². The number of aromatic amines is 1. The van der Waals surface area contributed by atoms with Gasteiger partial charge < -0.3 is 15.0 Å². The summed E-state index contributed by atoms with van der Waals surface area (Å²) < 4.78 is 6.40. The van der Waals surface area contributed by atoms with Crippen LogP contribution in [0.1, 0.15) is 53.9 Å². The molecule has 7 nitrogen and oxygen atoms in total. The number of nitroso groups, excluding NO2 is 1. The molecule has 1 saturated carbocycles. The fourth-order valence-corrected chi connectivity index (χ4v) is 5.70. The lowest BCUT2D eigenvalue weighted by Crippen LogP contribution is -2.14. The van der Waals surface area contributed by atoms with Gasteiger partial charge in [-0.1, -0.05) is 43.5 Å². The van der Waals surface area contributed by atoms with E-state index in [-0.39, 0.29) is 17.6 Å². The third-order valence-electron chi connectivity index (χ3n) is 6.22.